The Bertz CT molecular complexity index is 241. The van der Waals surface area contributed by atoms with Crippen LogP contribution in [0.4, 0.5) is 0 Å². The minimum atomic E-state index is -0.715. The summed E-state index contributed by atoms with van der Waals surface area (Å²) >= 11 is 0. The standard InChI is InChI=1S/C11H20N2O2/c1-8-6-9(12-5-4-11(14)15)7-13(8)10-2-3-10/h8-10,12H,2-7H2,1H3,(H,14,15). The largest absolute Gasteiger partial charge is 0.481 e. The molecule has 86 valence electrons. The molecular formula is C11H20N2O2. The molecule has 2 unspecified atom stereocenters. The molecule has 1 aliphatic carbocycles. The first-order valence-electron chi connectivity index (χ1n) is 5.87. The summed E-state index contributed by atoms with van der Waals surface area (Å²) in [6.45, 7) is 3.98. The number of nitrogens with one attached hydrogen (secondary N) is 1. The Morgan fingerprint density at radius 3 is 2.87 bits per heavy atom. The highest BCUT2D eigenvalue weighted by Gasteiger charge is 2.38. The number of hydrogen-bond acceptors (Lipinski definition) is 3. The maximum absolute atomic E-state index is 10.4. The maximum atomic E-state index is 10.4. The molecule has 0 spiro atoms. The van der Waals surface area contributed by atoms with Crippen LogP contribution in [0.15, 0.2) is 0 Å². The Morgan fingerprint density at radius 2 is 2.27 bits per heavy atom. The average molecular weight is 212 g/mol. The Morgan fingerprint density at radius 1 is 1.53 bits per heavy atom. The molecule has 2 fully saturated rings. The van der Waals surface area contributed by atoms with Crippen LogP contribution in [-0.4, -0.2) is 47.2 Å². The zero-order chi connectivity index (χ0) is 10.8. The molecule has 0 radical (unpaired) electrons. The third kappa shape index (κ3) is 2.92. The third-order valence-electron chi connectivity index (χ3n) is 3.41. The summed E-state index contributed by atoms with van der Waals surface area (Å²) in [4.78, 5) is 12.9. The lowest BCUT2D eigenvalue weighted by atomic mass is 10.2. The van der Waals surface area contributed by atoms with Gasteiger partial charge in [-0.15, -0.1) is 0 Å². The quantitative estimate of drug-likeness (QED) is 0.703. The van der Waals surface area contributed by atoms with Gasteiger partial charge in [-0.3, -0.25) is 9.69 Å². The summed E-state index contributed by atoms with van der Waals surface area (Å²) in [6, 6.07) is 1.99. The molecule has 0 aromatic heterocycles. The first-order valence-corrected chi connectivity index (χ1v) is 5.87. The third-order valence-corrected chi connectivity index (χ3v) is 3.41. The fraction of sp³-hybridized carbons (Fsp3) is 0.909. The molecule has 4 heteroatoms. The van der Waals surface area contributed by atoms with E-state index in [1.807, 2.05) is 0 Å². The van der Waals surface area contributed by atoms with E-state index in [9.17, 15) is 4.79 Å². The van der Waals surface area contributed by atoms with Crippen LogP contribution in [0.25, 0.3) is 0 Å². The first kappa shape index (κ1) is 10.9. The van der Waals surface area contributed by atoms with E-state index in [0.29, 0.717) is 18.6 Å². The smallest absolute Gasteiger partial charge is 0.304 e. The van der Waals surface area contributed by atoms with Gasteiger partial charge in [0.05, 0.1) is 6.42 Å². The first-order chi connectivity index (χ1) is 7.16. The van der Waals surface area contributed by atoms with E-state index in [-0.39, 0.29) is 6.42 Å². The van der Waals surface area contributed by atoms with Gasteiger partial charge < -0.3 is 10.4 Å². The molecule has 0 amide bonds. The lowest BCUT2D eigenvalue weighted by molar-refractivity contribution is -0.136. The van der Waals surface area contributed by atoms with Crippen LogP contribution >= 0.6 is 0 Å². The van der Waals surface area contributed by atoms with Gasteiger partial charge in [-0.1, -0.05) is 0 Å². The number of aliphatic carboxylic acids is 1. The van der Waals surface area contributed by atoms with Gasteiger partial charge >= 0.3 is 5.97 Å². The Labute approximate surface area is 90.6 Å². The van der Waals surface area contributed by atoms with E-state index in [2.05, 4.69) is 17.1 Å². The fourth-order valence-electron chi connectivity index (χ4n) is 2.50. The predicted octanol–water partition coefficient (Wildman–Crippen LogP) is 0.676. The molecule has 0 aromatic rings. The van der Waals surface area contributed by atoms with Crippen LogP contribution in [0, 0.1) is 0 Å². The SMILES string of the molecule is CC1CC(NCCC(=O)O)CN1C1CC1. The lowest BCUT2D eigenvalue weighted by Crippen LogP contribution is -2.35. The van der Waals surface area contributed by atoms with Crippen molar-refractivity contribution in [3.63, 3.8) is 0 Å². The summed E-state index contributed by atoms with van der Waals surface area (Å²) in [7, 11) is 0. The minimum absolute atomic E-state index is 0.230. The molecule has 1 saturated heterocycles. The van der Waals surface area contributed by atoms with E-state index in [0.717, 1.165) is 19.0 Å². The van der Waals surface area contributed by atoms with Crippen molar-refractivity contribution >= 4 is 5.97 Å². The number of carbonyl (C=O) groups is 1. The summed E-state index contributed by atoms with van der Waals surface area (Å²) in [5, 5.41) is 11.9. The van der Waals surface area contributed by atoms with Crippen molar-refractivity contribution in [3.8, 4) is 0 Å². The highest BCUT2D eigenvalue weighted by molar-refractivity contribution is 5.66. The number of rotatable bonds is 5. The second-order valence-electron chi connectivity index (χ2n) is 4.81. The number of carboxylic acid groups (broad SMARTS) is 1. The normalized spacial score (nSPS) is 32.1. The van der Waals surface area contributed by atoms with Crippen molar-refractivity contribution in [2.24, 2.45) is 0 Å². The highest BCUT2D eigenvalue weighted by Crippen LogP contribution is 2.33. The van der Waals surface area contributed by atoms with Crippen molar-refractivity contribution in [3.05, 3.63) is 0 Å². The Kier molecular flexibility index (Phi) is 3.26. The molecule has 2 atom stereocenters. The van der Waals surface area contributed by atoms with Gasteiger partial charge in [-0.2, -0.15) is 0 Å². The molecular weight excluding hydrogens is 192 g/mol. The minimum Gasteiger partial charge on any atom is -0.481 e. The van der Waals surface area contributed by atoms with Crippen molar-refractivity contribution in [1.82, 2.24) is 10.2 Å². The van der Waals surface area contributed by atoms with Gasteiger partial charge in [0.15, 0.2) is 0 Å². The summed E-state index contributed by atoms with van der Waals surface area (Å²) in [6.07, 6.45) is 4.10. The Hall–Kier alpha value is -0.610. The molecule has 2 aliphatic rings. The summed E-state index contributed by atoms with van der Waals surface area (Å²) in [5.74, 6) is -0.715. The van der Waals surface area contributed by atoms with Crippen molar-refractivity contribution < 1.29 is 9.90 Å². The van der Waals surface area contributed by atoms with E-state index < -0.39 is 5.97 Å². The van der Waals surface area contributed by atoms with Gasteiger partial charge in [-0.05, 0) is 26.2 Å². The molecule has 1 heterocycles. The molecule has 4 nitrogen and oxygen atoms in total. The molecule has 0 aromatic carbocycles. The van der Waals surface area contributed by atoms with E-state index >= 15 is 0 Å². The van der Waals surface area contributed by atoms with Gasteiger partial charge in [-0.25, -0.2) is 0 Å². The molecule has 0 bridgehead atoms. The molecule has 15 heavy (non-hydrogen) atoms. The average Bonchev–Trinajstić information content (AvgIpc) is 2.91. The number of hydrogen-bond donors (Lipinski definition) is 2. The zero-order valence-electron chi connectivity index (χ0n) is 9.28. The van der Waals surface area contributed by atoms with E-state index in [4.69, 9.17) is 5.11 Å². The van der Waals surface area contributed by atoms with Gasteiger partial charge in [0.2, 0.25) is 0 Å². The Balaban J connectivity index is 1.69. The van der Waals surface area contributed by atoms with Crippen LogP contribution in [-0.2, 0) is 4.79 Å². The van der Waals surface area contributed by atoms with Crippen molar-refractivity contribution in [2.75, 3.05) is 13.1 Å². The topological polar surface area (TPSA) is 52.6 Å². The van der Waals surface area contributed by atoms with Crippen molar-refractivity contribution in [2.45, 2.75) is 50.7 Å². The molecule has 1 aliphatic heterocycles. The van der Waals surface area contributed by atoms with E-state index in [1.54, 1.807) is 0 Å². The zero-order valence-corrected chi connectivity index (χ0v) is 9.28. The van der Waals surface area contributed by atoms with Crippen LogP contribution < -0.4 is 5.32 Å². The van der Waals surface area contributed by atoms with Crippen molar-refractivity contribution in [1.29, 1.82) is 0 Å². The van der Waals surface area contributed by atoms with E-state index in [1.165, 1.54) is 12.8 Å². The number of likely N-dealkylation sites (tertiary alicyclic amines) is 1. The number of nitrogens with zero attached hydrogens (tertiary/aromatic N) is 1. The lowest BCUT2D eigenvalue weighted by Gasteiger charge is -2.19. The van der Waals surface area contributed by atoms with Crippen LogP contribution in [0.1, 0.15) is 32.6 Å². The molecule has 2 rings (SSSR count). The second kappa shape index (κ2) is 4.49. The summed E-state index contributed by atoms with van der Waals surface area (Å²) in [5.41, 5.74) is 0. The second-order valence-corrected chi connectivity index (χ2v) is 4.81. The van der Waals surface area contributed by atoms with Gasteiger partial charge in [0, 0.05) is 31.2 Å². The van der Waals surface area contributed by atoms with Gasteiger partial charge in [0.25, 0.3) is 0 Å². The van der Waals surface area contributed by atoms with Crippen LogP contribution in [0.2, 0.25) is 0 Å². The molecule has 2 N–H and O–H groups in total. The molecule has 1 saturated carbocycles. The monoisotopic (exact) mass is 212 g/mol. The summed E-state index contributed by atoms with van der Waals surface area (Å²) < 4.78 is 0. The fourth-order valence-corrected chi connectivity index (χ4v) is 2.50. The number of carboxylic acids is 1. The predicted molar refractivity (Wildman–Crippen MR) is 57.9 cm³/mol. The van der Waals surface area contributed by atoms with Crippen LogP contribution in [0.5, 0.6) is 0 Å². The van der Waals surface area contributed by atoms with Crippen LogP contribution in [0.3, 0.4) is 0 Å². The van der Waals surface area contributed by atoms with Gasteiger partial charge in [0.1, 0.15) is 0 Å². The maximum Gasteiger partial charge on any atom is 0.304 e. The highest BCUT2D eigenvalue weighted by atomic mass is 16.4.